The predicted molar refractivity (Wildman–Crippen MR) is 57.3 cm³/mol. The molecule has 0 aromatic carbocycles. The van der Waals surface area contributed by atoms with Crippen molar-refractivity contribution in [2.75, 3.05) is 12.0 Å². The van der Waals surface area contributed by atoms with Crippen molar-refractivity contribution in [2.45, 2.75) is 13.3 Å². The molecule has 0 spiro atoms. The lowest BCUT2D eigenvalue weighted by Crippen LogP contribution is -2.18. The van der Waals surface area contributed by atoms with Gasteiger partial charge < -0.3 is 10.2 Å². The Bertz CT molecular complexity index is 457. The minimum Gasteiger partial charge on any atom is -0.461 e. The number of aliphatic imine (C=N–C) groups is 1. The van der Waals surface area contributed by atoms with Gasteiger partial charge in [0.25, 0.3) is 0 Å². The van der Waals surface area contributed by atoms with Crippen molar-refractivity contribution >= 4 is 23.3 Å². The Morgan fingerprint density at radius 2 is 2.44 bits per heavy atom. The number of rotatable bonds is 3. The van der Waals surface area contributed by atoms with Crippen LogP contribution in [0.3, 0.4) is 0 Å². The fraction of sp³-hybridized carbons (Fsp3) is 0.333. The second-order valence-electron chi connectivity index (χ2n) is 3.12. The summed E-state index contributed by atoms with van der Waals surface area (Å²) in [6.45, 7) is 2.06. The second kappa shape index (κ2) is 4.23. The molecule has 2 heterocycles. The zero-order valence-electron chi connectivity index (χ0n) is 8.73. The van der Waals surface area contributed by atoms with Crippen molar-refractivity contribution in [2.24, 2.45) is 10.8 Å². The van der Waals surface area contributed by atoms with Crippen LogP contribution in [0.5, 0.6) is 0 Å². The van der Waals surface area contributed by atoms with Gasteiger partial charge in [-0.3, -0.25) is 0 Å². The van der Waals surface area contributed by atoms with E-state index in [0.717, 1.165) is 0 Å². The van der Waals surface area contributed by atoms with Crippen LogP contribution < -0.4 is 11.3 Å². The standard InChI is InChI=1S/C9H11N5O2/c1-2-16-9(15)6-3-5-7(13-6)11-4-12-8(5)14-10/h4H,2-3,10H2,1H3,(H,11,12,14). The molecule has 2 rings (SSSR count). The van der Waals surface area contributed by atoms with Crippen molar-refractivity contribution in [1.29, 1.82) is 0 Å². The average molecular weight is 221 g/mol. The molecule has 0 amide bonds. The van der Waals surface area contributed by atoms with Crippen LogP contribution in [0.1, 0.15) is 12.5 Å². The fourth-order valence-corrected chi connectivity index (χ4v) is 1.45. The third-order valence-electron chi connectivity index (χ3n) is 2.16. The summed E-state index contributed by atoms with van der Waals surface area (Å²) in [5.41, 5.74) is 3.49. The van der Waals surface area contributed by atoms with Gasteiger partial charge in [0.1, 0.15) is 17.9 Å². The van der Waals surface area contributed by atoms with E-state index in [2.05, 4.69) is 20.4 Å². The minimum absolute atomic E-state index is 0.321. The minimum atomic E-state index is -0.427. The Kier molecular flexibility index (Phi) is 2.78. The van der Waals surface area contributed by atoms with Crippen LogP contribution in [0, 0.1) is 0 Å². The Hall–Kier alpha value is -2.02. The molecule has 0 aliphatic carbocycles. The largest absolute Gasteiger partial charge is 0.461 e. The van der Waals surface area contributed by atoms with Crippen LogP contribution in [-0.2, 0) is 16.0 Å². The van der Waals surface area contributed by atoms with Crippen LogP contribution in [0.15, 0.2) is 11.3 Å². The van der Waals surface area contributed by atoms with Gasteiger partial charge in [0.2, 0.25) is 0 Å². The number of nitrogens with one attached hydrogen (secondary N) is 1. The second-order valence-corrected chi connectivity index (χ2v) is 3.12. The number of carbonyl (C=O) groups is 1. The molecule has 84 valence electrons. The first-order valence-electron chi connectivity index (χ1n) is 4.81. The molecule has 0 fully saturated rings. The fourth-order valence-electron chi connectivity index (χ4n) is 1.45. The number of nitrogens with zero attached hydrogens (tertiary/aromatic N) is 3. The van der Waals surface area contributed by atoms with Crippen LogP contribution in [0.25, 0.3) is 0 Å². The third kappa shape index (κ3) is 1.72. The summed E-state index contributed by atoms with van der Waals surface area (Å²) in [4.78, 5) is 23.4. The van der Waals surface area contributed by atoms with Gasteiger partial charge in [-0.2, -0.15) is 0 Å². The number of carbonyl (C=O) groups excluding carboxylic acids is 1. The molecule has 0 radical (unpaired) electrons. The number of ether oxygens (including phenoxy) is 1. The Balaban J connectivity index is 2.26. The summed E-state index contributed by atoms with van der Waals surface area (Å²) in [5.74, 6) is 5.81. The molecule has 1 aromatic rings. The van der Waals surface area contributed by atoms with E-state index in [1.165, 1.54) is 6.33 Å². The van der Waals surface area contributed by atoms with Gasteiger partial charge in [0.15, 0.2) is 5.82 Å². The van der Waals surface area contributed by atoms with Gasteiger partial charge in [-0.05, 0) is 6.92 Å². The van der Waals surface area contributed by atoms with E-state index in [-0.39, 0.29) is 0 Å². The predicted octanol–water partition coefficient (Wildman–Crippen LogP) is -0.0461. The number of aromatic nitrogens is 2. The van der Waals surface area contributed by atoms with E-state index in [4.69, 9.17) is 10.6 Å². The normalized spacial score (nSPS) is 13.0. The quantitative estimate of drug-likeness (QED) is 0.421. The van der Waals surface area contributed by atoms with E-state index < -0.39 is 5.97 Å². The smallest absolute Gasteiger partial charge is 0.353 e. The van der Waals surface area contributed by atoms with Crippen LogP contribution in [-0.4, -0.2) is 28.3 Å². The molecule has 7 nitrogen and oxygen atoms in total. The topological polar surface area (TPSA) is 102 Å². The summed E-state index contributed by atoms with van der Waals surface area (Å²) in [5, 5.41) is 0. The highest BCUT2D eigenvalue weighted by molar-refractivity contribution is 6.38. The van der Waals surface area contributed by atoms with E-state index in [1.807, 2.05) is 0 Å². The van der Waals surface area contributed by atoms with Crippen molar-refractivity contribution in [1.82, 2.24) is 9.97 Å². The van der Waals surface area contributed by atoms with E-state index in [1.54, 1.807) is 6.92 Å². The molecule has 0 saturated carbocycles. The number of nitrogen functional groups attached to an aromatic ring is 1. The monoisotopic (exact) mass is 221 g/mol. The Labute approximate surface area is 91.7 Å². The maximum Gasteiger partial charge on any atom is 0.353 e. The summed E-state index contributed by atoms with van der Waals surface area (Å²) in [6, 6.07) is 0. The van der Waals surface area contributed by atoms with Crippen molar-refractivity contribution in [3.8, 4) is 0 Å². The van der Waals surface area contributed by atoms with Gasteiger partial charge in [0, 0.05) is 12.0 Å². The molecule has 0 atom stereocenters. The molecular weight excluding hydrogens is 210 g/mol. The van der Waals surface area contributed by atoms with Gasteiger partial charge in [-0.25, -0.2) is 25.6 Å². The molecule has 0 saturated heterocycles. The number of esters is 1. The van der Waals surface area contributed by atoms with E-state index in [0.29, 0.717) is 35.9 Å². The first kappa shape index (κ1) is 10.5. The molecular formula is C9H11N5O2. The summed E-state index contributed by atoms with van der Waals surface area (Å²) in [6.07, 6.45) is 1.68. The molecule has 0 bridgehead atoms. The van der Waals surface area contributed by atoms with Crippen LogP contribution >= 0.6 is 0 Å². The number of nitrogens with two attached hydrogens (primary N) is 1. The van der Waals surface area contributed by atoms with Gasteiger partial charge >= 0.3 is 5.97 Å². The number of anilines is 1. The summed E-state index contributed by atoms with van der Waals surface area (Å²) < 4.78 is 4.86. The number of hydrazine groups is 1. The zero-order chi connectivity index (χ0) is 11.5. The maximum atomic E-state index is 11.5. The van der Waals surface area contributed by atoms with E-state index in [9.17, 15) is 4.79 Å². The van der Waals surface area contributed by atoms with Crippen molar-refractivity contribution in [3.63, 3.8) is 0 Å². The Morgan fingerprint density at radius 1 is 1.62 bits per heavy atom. The van der Waals surface area contributed by atoms with Gasteiger partial charge in [-0.15, -0.1) is 0 Å². The number of hydrogen-bond acceptors (Lipinski definition) is 7. The van der Waals surface area contributed by atoms with Crippen LogP contribution in [0.2, 0.25) is 0 Å². The molecule has 16 heavy (non-hydrogen) atoms. The lowest BCUT2D eigenvalue weighted by molar-refractivity contribution is -0.135. The molecule has 7 heteroatoms. The SMILES string of the molecule is CCOC(=O)C1=Nc2ncnc(NN)c2C1. The number of fused-ring (bicyclic) bond motifs is 1. The summed E-state index contributed by atoms with van der Waals surface area (Å²) in [7, 11) is 0. The maximum absolute atomic E-state index is 11.5. The third-order valence-corrected chi connectivity index (χ3v) is 2.16. The molecule has 3 N–H and O–H groups in total. The lowest BCUT2D eigenvalue weighted by Gasteiger charge is -2.03. The van der Waals surface area contributed by atoms with Gasteiger partial charge in [-0.1, -0.05) is 0 Å². The lowest BCUT2D eigenvalue weighted by atomic mass is 10.2. The molecule has 1 aromatic heterocycles. The van der Waals surface area contributed by atoms with Crippen LogP contribution in [0.4, 0.5) is 11.6 Å². The Morgan fingerprint density at radius 3 is 3.12 bits per heavy atom. The first-order valence-corrected chi connectivity index (χ1v) is 4.81. The van der Waals surface area contributed by atoms with Gasteiger partial charge in [0.05, 0.1) is 6.61 Å². The molecule has 1 aliphatic heterocycles. The molecule has 0 unspecified atom stereocenters. The highest BCUT2D eigenvalue weighted by Crippen LogP contribution is 2.28. The van der Waals surface area contributed by atoms with E-state index >= 15 is 0 Å². The van der Waals surface area contributed by atoms with Crippen molar-refractivity contribution < 1.29 is 9.53 Å². The average Bonchev–Trinajstić information content (AvgIpc) is 2.72. The molecule has 1 aliphatic rings. The number of hydrogen-bond donors (Lipinski definition) is 2. The highest BCUT2D eigenvalue weighted by Gasteiger charge is 2.25. The first-order chi connectivity index (χ1) is 7.76. The summed E-state index contributed by atoms with van der Waals surface area (Å²) >= 11 is 0. The zero-order valence-corrected chi connectivity index (χ0v) is 8.73. The highest BCUT2D eigenvalue weighted by atomic mass is 16.5. The van der Waals surface area contributed by atoms with Crippen molar-refractivity contribution in [3.05, 3.63) is 11.9 Å².